The van der Waals surface area contributed by atoms with Crippen LogP contribution in [0.25, 0.3) is 0 Å². The maximum Gasteiger partial charge on any atom is 0.305 e. The molecule has 2 rings (SSSR count). The molecule has 1 heterocycles. The number of hydrogen-bond acceptors (Lipinski definition) is 5. The van der Waals surface area contributed by atoms with Crippen LogP contribution < -0.4 is 4.74 Å². The Morgan fingerprint density at radius 2 is 2.11 bits per heavy atom. The number of unbranched alkanes of at least 4 members (excludes halogenated alkanes) is 1. The molecule has 1 amide bonds. The lowest BCUT2D eigenvalue weighted by Crippen LogP contribution is -2.43. The number of piperidine rings is 1. The van der Waals surface area contributed by atoms with Crippen LogP contribution in [0.1, 0.15) is 63.9 Å². The van der Waals surface area contributed by atoms with Crippen LogP contribution in [0.3, 0.4) is 0 Å². The largest absolute Gasteiger partial charge is 0.494 e. The molecule has 1 aromatic rings. The minimum absolute atomic E-state index is 0.149. The quantitative estimate of drug-likeness (QED) is 0.451. The lowest BCUT2D eigenvalue weighted by Gasteiger charge is -2.36. The average Bonchev–Trinajstić information content (AvgIpc) is 2.72. The zero-order valence-electron chi connectivity index (χ0n) is 16.7. The Morgan fingerprint density at radius 3 is 2.89 bits per heavy atom. The minimum atomic E-state index is -0.182. The van der Waals surface area contributed by atoms with Gasteiger partial charge in [-0.3, -0.25) is 9.59 Å². The molecule has 0 unspecified atom stereocenters. The number of amides is 1. The minimum Gasteiger partial charge on any atom is -0.494 e. The highest BCUT2D eigenvalue weighted by Gasteiger charge is 2.26. The summed E-state index contributed by atoms with van der Waals surface area (Å²) >= 11 is 0. The van der Waals surface area contributed by atoms with Crippen molar-refractivity contribution in [1.82, 2.24) is 4.90 Å². The van der Waals surface area contributed by atoms with E-state index in [4.69, 9.17) is 14.7 Å². The predicted octanol–water partition coefficient (Wildman–Crippen LogP) is 3.83. The molecule has 0 N–H and O–H groups in total. The van der Waals surface area contributed by atoms with Gasteiger partial charge in [-0.05, 0) is 63.6 Å². The molecule has 1 aliphatic heterocycles. The van der Waals surface area contributed by atoms with Gasteiger partial charge in [-0.2, -0.15) is 5.26 Å². The Morgan fingerprint density at radius 1 is 1.25 bits per heavy atom. The summed E-state index contributed by atoms with van der Waals surface area (Å²) in [6.45, 7) is 3.51. The first-order valence-corrected chi connectivity index (χ1v) is 10.2. The first-order chi connectivity index (χ1) is 13.6. The van der Waals surface area contributed by atoms with E-state index in [1.54, 1.807) is 25.1 Å². The lowest BCUT2D eigenvalue weighted by molar-refractivity contribution is -0.144. The van der Waals surface area contributed by atoms with Crippen molar-refractivity contribution >= 4 is 11.9 Å². The molecule has 1 aromatic carbocycles. The Labute approximate surface area is 167 Å². The van der Waals surface area contributed by atoms with Crippen molar-refractivity contribution in [3.8, 4) is 11.8 Å². The van der Waals surface area contributed by atoms with Crippen molar-refractivity contribution in [3.63, 3.8) is 0 Å². The fraction of sp³-hybridized carbons (Fsp3) is 0.591. The van der Waals surface area contributed by atoms with Gasteiger partial charge >= 0.3 is 5.97 Å². The smallest absolute Gasteiger partial charge is 0.305 e. The molecule has 28 heavy (non-hydrogen) atoms. The van der Waals surface area contributed by atoms with Crippen LogP contribution >= 0.6 is 0 Å². The third-order valence-corrected chi connectivity index (χ3v) is 4.95. The van der Waals surface area contributed by atoms with Gasteiger partial charge in [0, 0.05) is 25.4 Å². The molecule has 0 bridgehead atoms. The van der Waals surface area contributed by atoms with Crippen molar-refractivity contribution in [2.24, 2.45) is 0 Å². The second kappa shape index (κ2) is 12.0. The van der Waals surface area contributed by atoms with Crippen LogP contribution in [0.5, 0.6) is 5.75 Å². The molecule has 0 radical (unpaired) electrons. The summed E-state index contributed by atoms with van der Waals surface area (Å²) in [5.74, 6) is 0.665. The maximum absolute atomic E-state index is 12.6. The standard InChI is InChI=1S/C22H30N2O4/c1-2-27-22(26)13-12-19-9-3-5-14-24(19)21(25)11-4-6-15-28-20-10-7-8-18(16-20)17-23/h7-8,10,16,19H,2-6,9,11-15H2,1H3/t19-/m0/s1. The maximum atomic E-state index is 12.6. The summed E-state index contributed by atoms with van der Waals surface area (Å²) in [5.41, 5.74) is 0.576. The number of benzene rings is 1. The number of ether oxygens (including phenoxy) is 2. The fourth-order valence-corrected chi connectivity index (χ4v) is 3.51. The lowest BCUT2D eigenvalue weighted by atomic mass is 9.97. The third kappa shape index (κ3) is 7.22. The van der Waals surface area contributed by atoms with Crippen molar-refractivity contribution < 1.29 is 19.1 Å². The Balaban J connectivity index is 1.69. The number of rotatable bonds is 10. The summed E-state index contributed by atoms with van der Waals surface area (Å²) < 4.78 is 10.7. The second-order valence-electron chi connectivity index (χ2n) is 7.03. The number of likely N-dealkylation sites (tertiary alicyclic amines) is 1. The van der Waals surface area contributed by atoms with Gasteiger partial charge in [0.1, 0.15) is 5.75 Å². The van der Waals surface area contributed by atoms with E-state index in [0.29, 0.717) is 43.8 Å². The van der Waals surface area contributed by atoms with E-state index >= 15 is 0 Å². The molecule has 0 spiro atoms. The van der Waals surface area contributed by atoms with E-state index in [1.165, 1.54) is 0 Å². The van der Waals surface area contributed by atoms with Gasteiger partial charge in [0.05, 0.1) is 24.8 Å². The van der Waals surface area contributed by atoms with Crippen LogP contribution in [0.15, 0.2) is 24.3 Å². The van der Waals surface area contributed by atoms with Crippen molar-refractivity contribution in [2.45, 2.75) is 64.3 Å². The van der Waals surface area contributed by atoms with Crippen LogP contribution in [-0.4, -0.2) is 42.6 Å². The fourth-order valence-electron chi connectivity index (χ4n) is 3.51. The van der Waals surface area contributed by atoms with Gasteiger partial charge in [-0.25, -0.2) is 0 Å². The average molecular weight is 386 g/mol. The number of nitrogens with zero attached hydrogens (tertiary/aromatic N) is 2. The molecule has 1 atom stereocenters. The van der Waals surface area contributed by atoms with Crippen LogP contribution in [-0.2, 0) is 14.3 Å². The SMILES string of the molecule is CCOC(=O)CC[C@@H]1CCCCN1C(=O)CCCCOc1cccc(C#N)c1. The van der Waals surface area contributed by atoms with Gasteiger partial charge in [0.2, 0.25) is 5.91 Å². The highest BCUT2D eigenvalue weighted by Crippen LogP contribution is 2.22. The predicted molar refractivity (Wildman–Crippen MR) is 106 cm³/mol. The Kier molecular flexibility index (Phi) is 9.33. The summed E-state index contributed by atoms with van der Waals surface area (Å²) in [6, 6.07) is 9.32. The topological polar surface area (TPSA) is 79.6 Å². The molecule has 6 heteroatoms. The van der Waals surface area contributed by atoms with Crippen LogP contribution in [0, 0.1) is 11.3 Å². The van der Waals surface area contributed by atoms with Crippen molar-refractivity contribution in [2.75, 3.05) is 19.8 Å². The third-order valence-electron chi connectivity index (χ3n) is 4.95. The van der Waals surface area contributed by atoms with Crippen molar-refractivity contribution in [1.29, 1.82) is 5.26 Å². The molecule has 1 saturated heterocycles. The summed E-state index contributed by atoms with van der Waals surface area (Å²) in [7, 11) is 0. The monoisotopic (exact) mass is 386 g/mol. The molecule has 0 aromatic heterocycles. The van der Waals surface area contributed by atoms with E-state index in [-0.39, 0.29) is 17.9 Å². The molecule has 6 nitrogen and oxygen atoms in total. The summed E-state index contributed by atoms with van der Waals surface area (Å²) in [4.78, 5) is 26.2. The summed E-state index contributed by atoms with van der Waals surface area (Å²) in [6.07, 6.45) is 6.19. The van der Waals surface area contributed by atoms with E-state index in [9.17, 15) is 9.59 Å². The Hall–Kier alpha value is -2.55. The Bertz CT molecular complexity index is 683. The van der Waals surface area contributed by atoms with Crippen molar-refractivity contribution in [3.05, 3.63) is 29.8 Å². The van der Waals surface area contributed by atoms with Crippen LogP contribution in [0.4, 0.5) is 0 Å². The van der Waals surface area contributed by atoms with Gasteiger partial charge in [-0.15, -0.1) is 0 Å². The normalized spacial score (nSPS) is 16.3. The van der Waals surface area contributed by atoms with Gasteiger partial charge < -0.3 is 14.4 Å². The second-order valence-corrected chi connectivity index (χ2v) is 7.03. The molecule has 152 valence electrons. The molecular weight excluding hydrogens is 356 g/mol. The van der Waals surface area contributed by atoms with Crippen LogP contribution in [0.2, 0.25) is 0 Å². The number of hydrogen-bond donors (Lipinski definition) is 0. The number of carbonyl (C=O) groups excluding carboxylic acids is 2. The van der Waals surface area contributed by atoms with E-state index < -0.39 is 0 Å². The number of esters is 1. The number of nitriles is 1. The van der Waals surface area contributed by atoms with Gasteiger partial charge in [0.25, 0.3) is 0 Å². The highest BCUT2D eigenvalue weighted by molar-refractivity contribution is 5.76. The molecule has 1 fully saturated rings. The number of carbonyl (C=O) groups is 2. The van der Waals surface area contributed by atoms with E-state index in [1.807, 2.05) is 11.0 Å². The first-order valence-electron chi connectivity index (χ1n) is 10.2. The highest BCUT2D eigenvalue weighted by atomic mass is 16.5. The molecule has 0 aliphatic carbocycles. The molecular formula is C22H30N2O4. The van der Waals surface area contributed by atoms with E-state index in [0.717, 1.165) is 38.6 Å². The zero-order valence-corrected chi connectivity index (χ0v) is 16.7. The van der Waals surface area contributed by atoms with E-state index in [2.05, 4.69) is 6.07 Å². The molecule has 1 aliphatic rings. The zero-order chi connectivity index (χ0) is 20.2. The van der Waals surface area contributed by atoms with Gasteiger partial charge in [-0.1, -0.05) is 6.07 Å². The molecule has 0 saturated carbocycles. The summed E-state index contributed by atoms with van der Waals surface area (Å²) in [5, 5.41) is 8.90. The first kappa shape index (κ1) is 21.7. The van der Waals surface area contributed by atoms with Gasteiger partial charge in [0.15, 0.2) is 0 Å².